The lowest BCUT2D eigenvalue weighted by Crippen LogP contribution is -2.48. The second-order valence-electron chi connectivity index (χ2n) is 6.36. The number of hydrogen-bond acceptors (Lipinski definition) is 3. The molecule has 0 N–H and O–H groups in total. The molecule has 0 radical (unpaired) electrons. The van der Waals surface area contributed by atoms with Gasteiger partial charge in [0.15, 0.2) is 0 Å². The molecule has 1 saturated carbocycles. The summed E-state index contributed by atoms with van der Waals surface area (Å²) in [7, 11) is -3.58. The summed E-state index contributed by atoms with van der Waals surface area (Å²) in [5, 5.41) is -0.633. The number of nitrogens with zero attached hydrogens (tertiary/aromatic N) is 1. The smallest absolute Gasteiger partial charge is 0.255 e. The standard InChI is InChI=1S/C12H16BrNO3S/c1-11(2,3)14-10(15)12(13)8-5-4-7(6-8)9(12)18(14,16)17/h4-5,7-9H,6H2,1-3H3. The van der Waals surface area contributed by atoms with Gasteiger partial charge in [0.1, 0.15) is 9.57 Å². The molecule has 0 spiro atoms. The third-order valence-corrected chi connectivity index (χ3v) is 8.47. The minimum absolute atomic E-state index is 0.00197. The van der Waals surface area contributed by atoms with E-state index in [4.69, 9.17) is 0 Å². The molecule has 0 aromatic rings. The number of carbonyl (C=O) groups excluding carboxylic acids is 1. The average Bonchev–Trinajstić information content (AvgIpc) is 2.76. The van der Waals surface area contributed by atoms with Crippen LogP contribution in [0, 0.1) is 11.8 Å². The van der Waals surface area contributed by atoms with Gasteiger partial charge in [-0.05, 0) is 33.1 Å². The fourth-order valence-corrected chi connectivity index (χ4v) is 7.98. The zero-order valence-corrected chi connectivity index (χ0v) is 13.0. The fraction of sp³-hybridized carbons (Fsp3) is 0.750. The maximum Gasteiger partial charge on any atom is 0.255 e. The average molecular weight is 334 g/mol. The van der Waals surface area contributed by atoms with Crippen LogP contribution in [0.1, 0.15) is 27.2 Å². The minimum atomic E-state index is -3.58. The molecule has 2 aliphatic carbocycles. The first-order valence-electron chi connectivity index (χ1n) is 6.07. The molecule has 4 atom stereocenters. The summed E-state index contributed by atoms with van der Waals surface area (Å²) >= 11 is 3.48. The van der Waals surface area contributed by atoms with E-state index in [1.807, 2.05) is 12.2 Å². The summed E-state index contributed by atoms with van der Waals surface area (Å²) in [6.45, 7) is 5.28. The first-order chi connectivity index (χ1) is 8.11. The summed E-state index contributed by atoms with van der Waals surface area (Å²) in [5.41, 5.74) is -0.708. The van der Waals surface area contributed by atoms with E-state index < -0.39 is 25.1 Å². The van der Waals surface area contributed by atoms with Crippen molar-refractivity contribution >= 4 is 31.9 Å². The van der Waals surface area contributed by atoms with Gasteiger partial charge in [-0.1, -0.05) is 28.1 Å². The Labute approximate surface area is 116 Å². The SMILES string of the molecule is CC(C)(C)N1C(=O)C2(Br)C3C=CC(C3)C2S1(=O)=O. The Morgan fingerprint density at radius 1 is 1.39 bits per heavy atom. The predicted molar refractivity (Wildman–Crippen MR) is 71.7 cm³/mol. The Bertz CT molecular complexity index is 562. The highest BCUT2D eigenvalue weighted by Gasteiger charge is 2.73. The molecule has 0 aromatic carbocycles. The molecule has 2 bridgehead atoms. The van der Waals surface area contributed by atoms with Crippen molar-refractivity contribution in [3.8, 4) is 0 Å². The molecule has 3 aliphatic rings. The topological polar surface area (TPSA) is 54.5 Å². The van der Waals surface area contributed by atoms with Crippen molar-refractivity contribution < 1.29 is 13.2 Å². The quantitative estimate of drug-likeness (QED) is 0.500. The molecule has 4 unspecified atom stereocenters. The number of amides is 1. The van der Waals surface area contributed by atoms with E-state index in [1.54, 1.807) is 20.8 Å². The molecule has 1 aliphatic heterocycles. The highest BCUT2D eigenvalue weighted by atomic mass is 79.9. The summed E-state index contributed by atoms with van der Waals surface area (Å²) in [6.07, 6.45) is 4.69. The zero-order chi connectivity index (χ0) is 13.5. The van der Waals surface area contributed by atoms with Gasteiger partial charge in [-0.15, -0.1) is 0 Å². The van der Waals surface area contributed by atoms with Crippen molar-refractivity contribution in [2.45, 2.75) is 42.3 Å². The van der Waals surface area contributed by atoms with Crippen LogP contribution in [0.3, 0.4) is 0 Å². The zero-order valence-electron chi connectivity index (χ0n) is 10.6. The van der Waals surface area contributed by atoms with Crippen LogP contribution in [0.15, 0.2) is 12.2 Å². The number of allylic oxidation sites excluding steroid dienone is 2. The Kier molecular flexibility index (Phi) is 2.25. The Balaban J connectivity index is 2.21. The van der Waals surface area contributed by atoms with Gasteiger partial charge in [0.2, 0.25) is 10.0 Å². The molecule has 1 amide bonds. The van der Waals surface area contributed by atoms with E-state index in [9.17, 15) is 13.2 Å². The molecular formula is C12H16BrNO3S. The summed E-state index contributed by atoms with van der Waals surface area (Å²) < 4.78 is 25.5. The van der Waals surface area contributed by atoms with Gasteiger partial charge in [-0.25, -0.2) is 12.7 Å². The van der Waals surface area contributed by atoms with Gasteiger partial charge in [-0.3, -0.25) is 4.79 Å². The molecule has 6 heteroatoms. The van der Waals surface area contributed by atoms with Gasteiger partial charge in [0.25, 0.3) is 5.91 Å². The summed E-state index contributed by atoms with van der Waals surface area (Å²) in [5.74, 6) is -0.324. The lowest BCUT2D eigenvalue weighted by atomic mass is 9.91. The molecule has 2 fully saturated rings. The van der Waals surface area contributed by atoms with Gasteiger partial charge >= 0.3 is 0 Å². The highest BCUT2D eigenvalue weighted by Crippen LogP contribution is 2.60. The van der Waals surface area contributed by atoms with Crippen LogP contribution in [-0.2, 0) is 14.8 Å². The number of carbonyl (C=O) groups is 1. The third-order valence-electron chi connectivity index (χ3n) is 4.16. The Morgan fingerprint density at radius 2 is 2.00 bits per heavy atom. The number of halogens is 1. The molecule has 1 saturated heterocycles. The Morgan fingerprint density at radius 3 is 2.50 bits per heavy atom. The van der Waals surface area contributed by atoms with Gasteiger partial charge in [0, 0.05) is 5.92 Å². The third kappa shape index (κ3) is 1.21. The van der Waals surface area contributed by atoms with Gasteiger partial charge in [0.05, 0.1) is 5.54 Å². The number of sulfonamides is 1. The summed E-state index contributed by atoms with van der Waals surface area (Å²) in [6, 6.07) is 0. The van der Waals surface area contributed by atoms with Crippen molar-refractivity contribution in [1.29, 1.82) is 0 Å². The van der Waals surface area contributed by atoms with Crippen molar-refractivity contribution in [2.24, 2.45) is 11.8 Å². The molecule has 18 heavy (non-hydrogen) atoms. The number of rotatable bonds is 0. The molecule has 4 nitrogen and oxygen atoms in total. The van der Waals surface area contributed by atoms with Crippen LogP contribution >= 0.6 is 15.9 Å². The molecular weight excluding hydrogens is 318 g/mol. The van der Waals surface area contributed by atoms with Crippen LogP contribution in [0.5, 0.6) is 0 Å². The highest BCUT2D eigenvalue weighted by molar-refractivity contribution is 9.10. The van der Waals surface area contributed by atoms with Crippen molar-refractivity contribution in [2.75, 3.05) is 0 Å². The number of alkyl halides is 1. The maximum atomic E-state index is 12.7. The summed E-state index contributed by atoms with van der Waals surface area (Å²) in [4.78, 5) is 12.6. The maximum absolute atomic E-state index is 12.7. The first kappa shape index (κ1) is 12.7. The molecule has 3 rings (SSSR count). The number of fused-ring (bicyclic) bond motifs is 5. The van der Waals surface area contributed by atoms with Gasteiger partial charge in [-0.2, -0.15) is 0 Å². The van der Waals surface area contributed by atoms with Gasteiger partial charge < -0.3 is 0 Å². The minimum Gasteiger partial charge on any atom is -0.272 e. The second-order valence-corrected chi connectivity index (χ2v) is 9.58. The van der Waals surface area contributed by atoms with Crippen molar-refractivity contribution in [3.63, 3.8) is 0 Å². The van der Waals surface area contributed by atoms with Crippen molar-refractivity contribution in [3.05, 3.63) is 12.2 Å². The lowest BCUT2D eigenvalue weighted by molar-refractivity contribution is -0.130. The number of hydrogen-bond donors (Lipinski definition) is 0. The van der Waals surface area contributed by atoms with Crippen LogP contribution in [0.4, 0.5) is 0 Å². The normalized spacial score (nSPS) is 44.8. The van der Waals surface area contributed by atoms with E-state index in [-0.39, 0.29) is 17.7 Å². The Hall–Kier alpha value is -0.360. The van der Waals surface area contributed by atoms with Crippen LogP contribution in [0.2, 0.25) is 0 Å². The van der Waals surface area contributed by atoms with Crippen LogP contribution in [-0.4, -0.2) is 33.7 Å². The largest absolute Gasteiger partial charge is 0.272 e. The molecule has 100 valence electrons. The van der Waals surface area contributed by atoms with Crippen LogP contribution < -0.4 is 0 Å². The second kappa shape index (κ2) is 3.20. The van der Waals surface area contributed by atoms with E-state index in [2.05, 4.69) is 15.9 Å². The van der Waals surface area contributed by atoms with E-state index in [1.165, 1.54) is 0 Å². The molecule has 0 aromatic heterocycles. The first-order valence-corrected chi connectivity index (χ1v) is 8.37. The van der Waals surface area contributed by atoms with E-state index in [0.29, 0.717) is 0 Å². The fourth-order valence-electron chi connectivity index (χ4n) is 3.57. The van der Waals surface area contributed by atoms with Crippen LogP contribution in [0.25, 0.3) is 0 Å². The molecule has 1 heterocycles. The lowest BCUT2D eigenvalue weighted by Gasteiger charge is -2.32. The predicted octanol–water partition coefficient (Wildman–Crippen LogP) is 1.67. The monoisotopic (exact) mass is 333 g/mol. The van der Waals surface area contributed by atoms with Crippen molar-refractivity contribution in [1.82, 2.24) is 4.31 Å². The van der Waals surface area contributed by atoms with E-state index >= 15 is 0 Å². The van der Waals surface area contributed by atoms with E-state index in [0.717, 1.165) is 10.7 Å².